The third-order valence-electron chi connectivity index (χ3n) is 5.27. The molecule has 1 aliphatic heterocycles. The Morgan fingerprint density at radius 2 is 1.86 bits per heavy atom. The first kappa shape index (κ1) is 21.1. The van der Waals surface area contributed by atoms with Gasteiger partial charge in [-0.3, -0.25) is 9.80 Å². The van der Waals surface area contributed by atoms with Crippen LogP contribution in [0.15, 0.2) is 23.6 Å². The Hall–Kier alpha value is -1.63. The van der Waals surface area contributed by atoms with E-state index in [1.54, 1.807) is 18.4 Å². The molecule has 3 rings (SSSR count). The summed E-state index contributed by atoms with van der Waals surface area (Å²) in [5.41, 5.74) is 2.49. The first-order valence-electron chi connectivity index (χ1n) is 10.3. The molecule has 1 atom stereocenters. The lowest BCUT2D eigenvalue weighted by atomic mass is 10.1. The summed E-state index contributed by atoms with van der Waals surface area (Å²) in [6.45, 7) is 12.7. The van der Waals surface area contributed by atoms with Gasteiger partial charge in [0.05, 0.1) is 23.9 Å². The maximum atomic E-state index is 6.07. The fraction of sp³-hybridized carbons (Fsp3) is 0.591. The molecule has 28 heavy (non-hydrogen) atoms. The summed E-state index contributed by atoms with van der Waals surface area (Å²) in [5.74, 6) is 1.66. The smallest absolute Gasteiger partial charge is 0.161 e. The van der Waals surface area contributed by atoms with Crippen molar-refractivity contribution in [3.8, 4) is 11.5 Å². The number of aryl methyl sites for hydroxylation is 1. The molecule has 0 unspecified atom stereocenters. The van der Waals surface area contributed by atoms with Crippen LogP contribution < -0.4 is 9.47 Å². The highest BCUT2D eigenvalue weighted by molar-refractivity contribution is 7.09. The second-order valence-corrected chi connectivity index (χ2v) is 8.65. The summed E-state index contributed by atoms with van der Waals surface area (Å²) in [4.78, 5) is 9.69. The highest BCUT2D eigenvalue weighted by Gasteiger charge is 2.17. The van der Waals surface area contributed by atoms with Crippen LogP contribution in [0.25, 0.3) is 0 Å². The number of hydrogen-bond acceptors (Lipinski definition) is 6. The van der Waals surface area contributed by atoms with Crippen molar-refractivity contribution in [1.29, 1.82) is 0 Å². The van der Waals surface area contributed by atoms with Crippen LogP contribution in [0.2, 0.25) is 0 Å². The van der Waals surface area contributed by atoms with Crippen LogP contribution in [0.3, 0.4) is 0 Å². The van der Waals surface area contributed by atoms with Crippen LogP contribution in [0.5, 0.6) is 11.5 Å². The van der Waals surface area contributed by atoms with Gasteiger partial charge >= 0.3 is 0 Å². The van der Waals surface area contributed by atoms with Crippen molar-refractivity contribution in [2.24, 2.45) is 0 Å². The SMILES string of the molecule is CC[C@H](C)Oc1cc(CN2CCCN(Cc3csc(C)n3)CC2)ccc1OC. The predicted molar refractivity (Wildman–Crippen MR) is 115 cm³/mol. The number of nitrogens with zero attached hydrogens (tertiary/aromatic N) is 3. The molecule has 0 bridgehead atoms. The van der Waals surface area contributed by atoms with Crippen molar-refractivity contribution >= 4 is 11.3 Å². The summed E-state index contributed by atoms with van der Waals surface area (Å²) < 4.78 is 11.5. The molecule has 2 aromatic rings. The van der Waals surface area contributed by atoms with Crippen LogP contribution in [0.1, 0.15) is 43.0 Å². The van der Waals surface area contributed by atoms with Crippen LogP contribution in [-0.2, 0) is 13.1 Å². The molecular formula is C22H33N3O2S. The Kier molecular flexibility index (Phi) is 7.71. The quantitative estimate of drug-likeness (QED) is 0.655. The molecule has 1 saturated heterocycles. The average molecular weight is 404 g/mol. The van der Waals surface area contributed by atoms with Crippen LogP contribution >= 0.6 is 11.3 Å². The third kappa shape index (κ3) is 5.93. The highest BCUT2D eigenvalue weighted by Crippen LogP contribution is 2.30. The lowest BCUT2D eigenvalue weighted by Crippen LogP contribution is -2.30. The zero-order valence-corrected chi connectivity index (χ0v) is 18.4. The zero-order valence-electron chi connectivity index (χ0n) is 17.6. The van der Waals surface area contributed by atoms with Gasteiger partial charge in [-0.15, -0.1) is 11.3 Å². The summed E-state index contributed by atoms with van der Waals surface area (Å²) in [6.07, 6.45) is 2.36. The molecule has 1 aromatic carbocycles. The van der Waals surface area contributed by atoms with Crippen LogP contribution in [0.4, 0.5) is 0 Å². The van der Waals surface area contributed by atoms with Gasteiger partial charge in [0.2, 0.25) is 0 Å². The molecular weight excluding hydrogens is 370 g/mol. The van der Waals surface area contributed by atoms with Crippen molar-refractivity contribution in [1.82, 2.24) is 14.8 Å². The summed E-state index contributed by atoms with van der Waals surface area (Å²) in [6, 6.07) is 6.33. The minimum atomic E-state index is 0.185. The van der Waals surface area contributed by atoms with Gasteiger partial charge in [0.1, 0.15) is 0 Å². The van der Waals surface area contributed by atoms with E-state index < -0.39 is 0 Å². The second kappa shape index (κ2) is 10.2. The largest absolute Gasteiger partial charge is 0.493 e. The monoisotopic (exact) mass is 403 g/mol. The van der Waals surface area contributed by atoms with E-state index in [4.69, 9.17) is 9.47 Å². The van der Waals surface area contributed by atoms with E-state index in [-0.39, 0.29) is 6.10 Å². The number of methoxy groups -OCH3 is 1. The van der Waals surface area contributed by atoms with Gasteiger partial charge in [0.15, 0.2) is 11.5 Å². The van der Waals surface area contributed by atoms with Gasteiger partial charge in [-0.2, -0.15) is 0 Å². The molecule has 0 aliphatic carbocycles. The van der Waals surface area contributed by atoms with Crippen molar-refractivity contribution in [3.63, 3.8) is 0 Å². The molecule has 0 spiro atoms. The molecule has 1 aliphatic rings. The molecule has 154 valence electrons. The Morgan fingerprint density at radius 3 is 2.50 bits per heavy atom. The molecule has 1 fully saturated rings. The van der Waals surface area contributed by atoms with Gasteiger partial charge in [0, 0.05) is 31.6 Å². The van der Waals surface area contributed by atoms with Crippen LogP contribution in [0, 0.1) is 6.92 Å². The van der Waals surface area contributed by atoms with Crippen molar-refractivity contribution in [2.45, 2.75) is 52.8 Å². The standard InChI is InChI=1S/C22H33N3O2S/c1-5-17(2)27-22-13-19(7-8-21(22)26-4)14-24-9-6-10-25(12-11-24)15-20-16-28-18(3)23-20/h7-8,13,16-17H,5-6,9-12,14-15H2,1-4H3/t17-/m0/s1. The van der Waals surface area contributed by atoms with Crippen molar-refractivity contribution in [3.05, 3.63) is 39.8 Å². The maximum absolute atomic E-state index is 6.07. The minimum absolute atomic E-state index is 0.185. The Labute approximate surface area is 173 Å². The minimum Gasteiger partial charge on any atom is -0.493 e. The maximum Gasteiger partial charge on any atom is 0.161 e. The summed E-state index contributed by atoms with van der Waals surface area (Å²) in [5, 5.41) is 3.34. The Bertz CT molecular complexity index is 749. The lowest BCUT2D eigenvalue weighted by molar-refractivity contribution is 0.206. The van der Waals surface area contributed by atoms with E-state index in [9.17, 15) is 0 Å². The Balaban J connectivity index is 1.58. The summed E-state index contributed by atoms with van der Waals surface area (Å²) >= 11 is 1.74. The van der Waals surface area contributed by atoms with E-state index in [0.29, 0.717) is 0 Å². The van der Waals surface area contributed by atoms with E-state index in [1.165, 1.54) is 17.7 Å². The number of aromatic nitrogens is 1. The third-order valence-corrected chi connectivity index (χ3v) is 6.09. The topological polar surface area (TPSA) is 37.8 Å². The number of hydrogen-bond donors (Lipinski definition) is 0. The van der Waals surface area contributed by atoms with Gasteiger partial charge in [-0.25, -0.2) is 4.98 Å². The second-order valence-electron chi connectivity index (χ2n) is 7.59. The van der Waals surface area contributed by atoms with Gasteiger partial charge < -0.3 is 9.47 Å². The van der Waals surface area contributed by atoms with E-state index in [2.05, 4.69) is 53.1 Å². The molecule has 6 heteroatoms. The molecule has 0 N–H and O–H groups in total. The van der Waals surface area contributed by atoms with Gasteiger partial charge in [-0.1, -0.05) is 13.0 Å². The summed E-state index contributed by atoms with van der Waals surface area (Å²) in [7, 11) is 1.70. The number of benzene rings is 1. The zero-order chi connectivity index (χ0) is 19.9. The molecule has 0 amide bonds. The number of thiazole rings is 1. The molecule has 0 radical (unpaired) electrons. The van der Waals surface area contributed by atoms with E-state index >= 15 is 0 Å². The van der Waals surface area contributed by atoms with E-state index in [0.717, 1.165) is 62.2 Å². The molecule has 2 heterocycles. The number of rotatable bonds is 8. The molecule has 0 saturated carbocycles. The Morgan fingerprint density at radius 1 is 1.11 bits per heavy atom. The fourth-order valence-electron chi connectivity index (χ4n) is 3.52. The highest BCUT2D eigenvalue weighted by atomic mass is 32.1. The predicted octanol–water partition coefficient (Wildman–Crippen LogP) is 4.35. The molecule has 5 nitrogen and oxygen atoms in total. The van der Waals surface area contributed by atoms with Crippen molar-refractivity contribution in [2.75, 3.05) is 33.3 Å². The number of ether oxygens (including phenoxy) is 2. The average Bonchev–Trinajstić information content (AvgIpc) is 2.97. The van der Waals surface area contributed by atoms with Gasteiger partial charge in [0.25, 0.3) is 0 Å². The lowest BCUT2D eigenvalue weighted by Gasteiger charge is -2.22. The first-order chi connectivity index (χ1) is 13.6. The van der Waals surface area contributed by atoms with E-state index in [1.807, 2.05) is 6.07 Å². The normalized spacial score (nSPS) is 17.3. The fourth-order valence-corrected chi connectivity index (χ4v) is 4.12. The van der Waals surface area contributed by atoms with Crippen molar-refractivity contribution < 1.29 is 9.47 Å². The first-order valence-corrected chi connectivity index (χ1v) is 11.1. The molecule has 1 aromatic heterocycles. The van der Waals surface area contributed by atoms with Gasteiger partial charge in [-0.05, 0) is 57.5 Å². The van der Waals surface area contributed by atoms with Crippen LogP contribution in [-0.4, -0.2) is 54.2 Å².